The number of thioether (sulfide) groups is 1. The highest BCUT2D eigenvalue weighted by Gasteiger charge is 2.10. The Labute approximate surface area is 163 Å². The number of nitrogens with one attached hydrogen (secondary N) is 1. The second kappa shape index (κ2) is 7.53. The Morgan fingerprint density at radius 3 is 2.27 bits per heavy atom. The van der Waals surface area contributed by atoms with Gasteiger partial charge in [-0.2, -0.15) is 0 Å². The molecule has 4 rings (SSSR count). The maximum absolute atomic E-state index is 5.91. The number of hydrogen-bond acceptors (Lipinski definition) is 5. The molecule has 0 amide bonds. The SMILES string of the molecule is Clc1ccc(-c2cc(CSc3n[nH]c(-c4ccc(Cl)cc4)n3)on2)cc1. The van der Waals surface area contributed by atoms with Crippen LogP contribution in [0.3, 0.4) is 0 Å². The summed E-state index contributed by atoms with van der Waals surface area (Å²) in [6.45, 7) is 0. The quantitative estimate of drug-likeness (QED) is 0.432. The second-order valence-corrected chi connectivity index (χ2v) is 7.26. The van der Waals surface area contributed by atoms with Crippen LogP contribution in [0, 0.1) is 0 Å². The first-order valence-corrected chi connectivity index (χ1v) is 9.44. The fourth-order valence-electron chi connectivity index (χ4n) is 2.32. The first kappa shape index (κ1) is 17.1. The van der Waals surface area contributed by atoms with Crippen molar-refractivity contribution in [2.45, 2.75) is 10.9 Å². The smallest absolute Gasteiger partial charge is 0.209 e. The molecule has 0 aliphatic heterocycles. The van der Waals surface area contributed by atoms with Crippen LogP contribution in [-0.4, -0.2) is 20.3 Å². The second-order valence-electron chi connectivity index (χ2n) is 5.45. The van der Waals surface area contributed by atoms with Crippen molar-refractivity contribution in [1.82, 2.24) is 20.3 Å². The highest BCUT2D eigenvalue weighted by Crippen LogP contribution is 2.26. The molecule has 130 valence electrons. The third-order valence-electron chi connectivity index (χ3n) is 3.63. The van der Waals surface area contributed by atoms with Gasteiger partial charge in [0, 0.05) is 27.2 Å². The first-order valence-electron chi connectivity index (χ1n) is 7.70. The predicted molar refractivity (Wildman–Crippen MR) is 103 cm³/mol. The molecular formula is C18H12Cl2N4OS. The zero-order valence-electron chi connectivity index (χ0n) is 13.3. The van der Waals surface area contributed by atoms with Crippen LogP contribution in [0.15, 0.2) is 64.3 Å². The Morgan fingerprint density at radius 1 is 0.923 bits per heavy atom. The topological polar surface area (TPSA) is 67.6 Å². The Morgan fingerprint density at radius 2 is 1.58 bits per heavy atom. The molecule has 0 saturated heterocycles. The molecule has 0 atom stereocenters. The molecule has 1 N–H and O–H groups in total. The molecule has 0 radical (unpaired) electrons. The Kier molecular flexibility index (Phi) is 4.97. The van der Waals surface area contributed by atoms with Crippen molar-refractivity contribution in [1.29, 1.82) is 0 Å². The Bertz CT molecular complexity index is 929. The maximum atomic E-state index is 5.91. The maximum Gasteiger partial charge on any atom is 0.209 e. The third-order valence-corrected chi connectivity index (χ3v) is 5.00. The van der Waals surface area contributed by atoms with Gasteiger partial charge in [-0.15, -0.1) is 5.10 Å². The van der Waals surface area contributed by atoms with Gasteiger partial charge in [0.25, 0.3) is 0 Å². The molecule has 0 spiro atoms. The normalized spacial score (nSPS) is 11.0. The molecule has 8 heteroatoms. The minimum absolute atomic E-state index is 0.582. The van der Waals surface area contributed by atoms with Gasteiger partial charge < -0.3 is 4.52 Å². The molecule has 0 aliphatic carbocycles. The summed E-state index contributed by atoms with van der Waals surface area (Å²) in [6, 6.07) is 16.8. The first-order chi connectivity index (χ1) is 12.7. The van der Waals surface area contributed by atoms with Crippen LogP contribution in [0.25, 0.3) is 22.6 Å². The van der Waals surface area contributed by atoms with E-state index in [0.717, 1.165) is 22.6 Å². The third kappa shape index (κ3) is 3.93. The van der Waals surface area contributed by atoms with Crippen LogP contribution in [0.5, 0.6) is 0 Å². The lowest BCUT2D eigenvalue weighted by Crippen LogP contribution is -1.80. The van der Waals surface area contributed by atoms with Crippen molar-refractivity contribution >= 4 is 35.0 Å². The van der Waals surface area contributed by atoms with Crippen molar-refractivity contribution in [3.63, 3.8) is 0 Å². The van der Waals surface area contributed by atoms with Crippen LogP contribution in [0.1, 0.15) is 5.76 Å². The molecule has 5 nitrogen and oxygen atoms in total. The van der Waals surface area contributed by atoms with Crippen molar-refractivity contribution in [2.75, 3.05) is 0 Å². The van der Waals surface area contributed by atoms with Gasteiger partial charge in [0.05, 0.1) is 5.75 Å². The lowest BCUT2D eigenvalue weighted by molar-refractivity contribution is 0.397. The monoisotopic (exact) mass is 402 g/mol. The molecule has 2 aromatic carbocycles. The number of halogens is 2. The van der Waals surface area contributed by atoms with Gasteiger partial charge in [-0.05, 0) is 36.4 Å². The average Bonchev–Trinajstić information content (AvgIpc) is 3.31. The van der Waals surface area contributed by atoms with Crippen molar-refractivity contribution in [2.24, 2.45) is 0 Å². The largest absolute Gasteiger partial charge is 0.360 e. The summed E-state index contributed by atoms with van der Waals surface area (Å²) in [6.07, 6.45) is 0. The van der Waals surface area contributed by atoms with Gasteiger partial charge in [-0.1, -0.05) is 52.3 Å². The summed E-state index contributed by atoms with van der Waals surface area (Å²) in [5.74, 6) is 2.03. The number of nitrogens with zero attached hydrogens (tertiary/aromatic N) is 3. The molecule has 0 bridgehead atoms. The summed E-state index contributed by atoms with van der Waals surface area (Å²) in [5.41, 5.74) is 2.66. The molecule has 0 aliphatic rings. The average molecular weight is 403 g/mol. The van der Waals surface area contributed by atoms with Crippen LogP contribution in [0.2, 0.25) is 10.0 Å². The number of H-pyrrole nitrogens is 1. The summed E-state index contributed by atoms with van der Waals surface area (Å²) in [7, 11) is 0. The molecule has 0 unspecified atom stereocenters. The van der Waals surface area contributed by atoms with E-state index in [1.807, 2.05) is 54.6 Å². The van der Waals surface area contributed by atoms with E-state index in [-0.39, 0.29) is 0 Å². The summed E-state index contributed by atoms with van der Waals surface area (Å²) in [5, 5.41) is 13.3. The summed E-state index contributed by atoms with van der Waals surface area (Å²) in [4.78, 5) is 4.48. The van der Waals surface area contributed by atoms with Crippen molar-refractivity contribution in [3.8, 4) is 22.6 Å². The molecule has 2 heterocycles. The summed E-state index contributed by atoms with van der Waals surface area (Å²) >= 11 is 13.3. The van der Waals surface area contributed by atoms with Gasteiger partial charge in [0.2, 0.25) is 5.16 Å². The number of aromatic amines is 1. The van der Waals surface area contributed by atoms with Crippen LogP contribution in [0.4, 0.5) is 0 Å². The molecule has 0 saturated carbocycles. The number of aromatic nitrogens is 4. The molecular weight excluding hydrogens is 391 g/mol. The fourth-order valence-corrected chi connectivity index (χ4v) is 3.25. The lowest BCUT2D eigenvalue weighted by atomic mass is 10.1. The lowest BCUT2D eigenvalue weighted by Gasteiger charge is -1.95. The van der Waals surface area contributed by atoms with E-state index in [0.29, 0.717) is 26.8 Å². The van der Waals surface area contributed by atoms with Gasteiger partial charge in [0.1, 0.15) is 11.5 Å². The van der Waals surface area contributed by atoms with Gasteiger partial charge >= 0.3 is 0 Å². The number of benzene rings is 2. The van der Waals surface area contributed by atoms with E-state index in [4.69, 9.17) is 27.7 Å². The van der Waals surface area contributed by atoms with E-state index >= 15 is 0 Å². The molecule has 2 aromatic heterocycles. The van der Waals surface area contributed by atoms with Crippen LogP contribution >= 0.6 is 35.0 Å². The standard InChI is InChI=1S/C18H12Cl2N4OS/c19-13-5-1-11(2-6-13)16-9-15(25-24-16)10-26-18-21-17(22-23-18)12-3-7-14(20)8-4-12/h1-9H,10H2,(H,21,22,23). The summed E-state index contributed by atoms with van der Waals surface area (Å²) < 4.78 is 5.39. The zero-order chi connectivity index (χ0) is 17.9. The van der Waals surface area contributed by atoms with E-state index < -0.39 is 0 Å². The minimum Gasteiger partial charge on any atom is -0.360 e. The highest BCUT2D eigenvalue weighted by molar-refractivity contribution is 7.98. The minimum atomic E-state index is 0.582. The van der Waals surface area contributed by atoms with E-state index in [1.165, 1.54) is 11.8 Å². The number of hydrogen-bond donors (Lipinski definition) is 1. The van der Waals surface area contributed by atoms with Crippen LogP contribution in [-0.2, 0) is 5.75 Å². The molecule has 0 fully saturated rings. The van der Waals surface area contributed by atoms with Crippen molar-refractivity contribution in [3.05, 3.63) is 70.4 Å². The number of rotatable bonds is 5. The zero-order valence-corrected chi connectivity index (χ0v) is 15.6. The van der Waals surface area contributed by atoms with Gasteiger partial charge in [-0.3, -0.25) is 5.10 Å². The van der Waals surface area contributed by atoms with E-state index in [9.17, 15) is 0 Å². The van der Waals surface area contributed by atoms with Gasteiger partial charge in [-0.25, -0.2) is 4.98 Å². The predicted octanol–water partition coefficient (Wildman–Crippen LogP) is 5.73. The van der Waals surface area contributed by atoms with Gasteiger partial charge in [0.15, 0.2) is 5.82 Å². The molecule has 4 aromatic rings. The Hall–Kier alpha value is -2.28. The molecule has 26 heavy (non-hydrogen) atoms. The van der Waals surface area contributed by atoms with Crippen molar-refractivity contribution < 1.29 is 4.52 Å². The van der Waals surface area contributed by atoms with Crippen LogP contribution < -0.4 is 0 Å². The highest BCUT2D eigenvalue weighted by atomic mass is 35.5. The fraction of sp³-hybridized carbons (Fsp3) is 0.0556. The van der Waals surface area contributed by atoms with E-state index in [2.05, 4.69) is 20.3 Å². The van der Waals surface area contributed by atoms with E-state index in [1.54, 1.807) is 0 Å². The Balaban J connectivity index is 1.42.